The number of phenolic OH excluding ortho intramolecular Hbond substituents is 1. The SMILES string of the molecule is O=Cc1c(-c2ccccc2O)[nH]c2ccccc12. The van der Waals surface area contributed by atoms with Crippen molar-refractivity contribution in [3.8, 4) is 17.0 Å². The van der Waals surface area contributed by atoms with Crippen molar-refractivity contribution < 1.29 is 9.90 Å². The Hall–Kier alpha value is -2.55. The van der Waals surface area contributed by atoms with Crippen LogP contribution >= 0.6 is 0 Å². The molecule has 88 valence electrons. The summed E-state index contributed by atoms with van der Waals surface area (Å²) in [6.07, 6.45) is 0.820. The maximum atomic E-state index is 11.3. The van der Waals surface area contributed by atoms with Crippen LogP contribution in [0.4, 0.5) is 0 Å². The maximum Gasteiger partial charge on any atom is 0.152 e. The molecule has 2 N–H and O–H groups in total. The number of carbonyl (C=O) groups is 1. The molecule has 0 saturated heterocycles. The molecule has 0 amide bonds. The number of phenols is 1. The third-order valence-corrected chi connectivity index (χ3v) is 3.04. The highest BCUT2D eigenvalue weighted by Crippen LogP contribution is 2.33. The molecule has 3 aromatic rings. The van der Waals surface area contributed by atoms with E-state index in [1.165, 1.54) is 0 Å². The van der Waals surface area contributed by atoms with E-state index < -0.39 is 0 Å². The second kappa shape index (κ2) is 4.04. The van der Waals surface area contributed by atoms with Gasteiger partial charge in [-0.05, 0) is 18.2 Å². The van der Waals surface area contributed by atoms with E-state index in [9.17, 15) is 9.90 Å². The second-order valence-corrected chi connectivity index (χ2v) is 4.09. The van der Waals surface area contributed by atoms with E-state index in [1.54, 1.807) is 18.2 Å². The van der Waals surface area contributed by atoms with Gasteiger partial charge in [-0.2, -0.15) is 0 Å². The lowest BCUT2D eigenvalue weighted by atomic mass is 10.1. The summed E-state index contributed by atoms with van der Waals surface area (Å²) >= 11 is 0. The highest BCUT2D eigenvalue weighted by atomic mass is 16.3. The molecule has 0 radical (unpaired) electrons. The van der Waals surface area contributed by atoms with Crippen molar-refractivity contribution in [1.82, 2.24) is 4.98 Å². The molecule has 0 unspecified atom stereocenters. The molecule has 0 spiro atoms. The van der Waals surface area contributed by atoms with Crippen LogP contribution in [-0.2, 0) is 0 Å². The molecule has 3 heteroatoms. The highest BCUT2D eigenvalue weighted by molar-refractivity contribution is 6.04. The van der Waals surface area contributed by atoms with E-state index in [0.29, 0.717) is 16.8 Å². The molecule has 0 saturated carbocycles. The number of rotatable bonds is 2. The standard InChI is InChI=1S/C15H11NO2/c17-9-12-10-5-1-3-7-13(10)16-15(12)11-6-2-4-8-14(11)18/h1-9,16,18H. The summed E-state index contributed by atoms with van der Waals surface area (Å²) in [6.45, 7) is 0. The van der Waals surface area contributed by atoms with Gasteiger partial charge >= 0.3 is 0 Å². The lowest BCUT2D eigenvalue weighted by Gasteiger charge is -2.02. The van der Waals surface area contributed by atoms with Crippen LogP contribution in [0.25, 0.3) is 22.2 Å². The van der Waals surface area contributed by atoms with Crippen LogP contribution in [0.3, 0.4) is 0 Å². The average molecular weight is 237 g/mol. The minimum absolute atomic E-state index is 0.159. The van der Waals surface area contributed by atoms with E-state index in [1.807, 2.05) is 30.3 Å². The number of aromatic amines is 1. The molecule has 3 rings (SSSR count). The Labute approximate surface area is 104 Å². The van der Waals surface area contributed by atoms with E-state index >= 15 is 0 Å². The number of fused-ring (bicyclic) bond motifs is 1. The summed E-state index contributed by atoms with van der Waals surface area (Å²) < 4.78 is 0. The molecule has 0 bridgehead atoms. The van der Waals surface area contributed by atoms with Crippen molar-refractivity contribution >= 4 is 17.2 Å². The predicted molar refractivity (Wildman–Crippen MR) is 70.8 cm³/mol. The quantitative estimate of drug-likeness (QED) is 0.671. The van der Waals surface area contributed by atoms with Gasteiger partial charge in [0.15, 0.2) is 6.29 Å². The van der Waals surface area contributed by atoms with E-state index in [-0.39, 0.29) is 5.75 Å². The summed E-state index contributed by atoms with van der Waals surface area (Å²) in [4.78, 5) is 14.5. The molecule has 1 heterocycles. The maximum absolute atomic E-state index is 11.3. The Kier molecular flexibility index (Phi) is 2.38. The van der Waals surface area contributed by atoms with Gasteiger partial charge in [0, 0.05) is 22.0 Å². The first-order valence-electron chi connectivity index (χ1n) is 5.65. The fourth-order valence-corrected chi connectivity index (χ4v) is 2.18. The number of hydrogen-bond donors (Lipinski definition) is 2. The van der Waals surface area contributed by atoms with Crippen molar-refractivity contribution in [3.63, 3.8) is 0 Å². The fraction of sp³-hybridized carbons (Fsp3) is 0. The number of aromatic nitrogens is 1. The Morgan fingerprint density at radius 2 is 1.72 bits per heavy atom. The topological polar surface area (TPSA) is 53.1 Å². The zero-order valence-corrected chi connectivity index (χ0v) is 9.55. The molecule has 0 aliphatic heterocycles. The fourth-order valence-electron chi connectivity index (χ4n) is 2.18. The highest BCUT2D eigenvalue weighted by Gasteiger charge is 2.14. The Morgan fingerprint density at radius 1 is 1.00 bits per heavy atom. The normalized spacial score (nSPS) is 10.7. The van der Waals surface area contributed by atoms with Crippen LogP contribution < -0.4 is 0 Å². The van der Waals surface area contributed by atoms with Crippen molar-refractivity contribution in [2.45, 2.75) is 0 Å². The van der Waals surface area contributed by atoms with Crippen molar-refractivity contribution in [2.24, 2.45) is 0 Å². The minimum atomic E-state index is 0.159. The van der Waals surface area contributed by atoms with Gasteiger partial charge in [0.25, 0.3) is 0 Å². The van der Waals surface area contributed by atoms with Gasteiger partial charge in [-0.15, -0.1) is 0 Å². The Bertz CT molecular complexity index is 728. The number of aromatic hydroxyl groups is 1. The number of H-pyrrole nitrogens is 1. The molecule has 18 heavy (non-hydrogen) atoms. The first-order chi connectivity index (χ1) is 8.81. The third-order valence-electron chi connectivity index (χ3n) is 3.04. The monoisotopic (exact) mass is 237 g/mol. The van der Waals surface area contributed by atoms with Gasteiger partial charge in [0.05, 0.1) is 5.69 Å². The largest absolute Gasteiger partial charge is 0.507 e. The molecule has 1 aromatic heterocycles. The van der Waals surface area contributed by atoms with Gasteiger partial charge in [-0.25, -0.2) is 0 Å². The van der Waals surface area contributed by atoms with E-state index in [2.05, 4.69) is 4.98 Å². The zero-order chi connectivity index (χ0) is 12.5. The van der Waals surface area contributed by atoms with E-state index in [0.717, 1.165) is 17.2 Å². The third kappa shape index (κ3) is 1.49. The van der Waals surface area contributed by atoms with Crippen LogP contribution in [0.5, 0.6) is 5.75 Å². The lowest BCUT2D eigenvalue weighted by Crippen LogP contribution is -1.84. The van der Waals surface area contributed by atoms with Gasteiger partial charge in [-0.3, -0.25) is 4.79 Å². The average Bonchev–Trinajstić information content (AvgIpc) is 2.77. The molecule has 2 aromatic carbocycles. The molecule has 0 fully saturated rings. The molecule has 3 nitrogen and oxygen atoms in total. The van der Waals surface area contributed by atoms with Gasteiger partial charge in [-0.1, -0.05) is 30.3 Å². The number of nitrogens with one attached hydrogen (secondary N) is 1. The zero-order valence-electron chi connectivity index (χ0n) is 9.55. The summed E-state index contributed by atoms with van der Waals surface area (Å²) in [5.41, 5.74) is 2.75. The summed E-state index contributed by atoms with van der Waals surface area (Å²) in [5, 5.41) is 10.7. The molecular weight excluding hydrogens is 226 g/mol. The molecule has 0 atom stereocenters. The van der Waals surface area contributed by atoms with Crippen LogP contribution in [0, 0.1) is 0 Å². The molecule has 0 aliphatic rings. The number of aldehydes is 1. The van der Waals surface area contributed by atoms with Crippen LogP contribution in [-0.4, -0.2) is 16.4 Å². The van der Waals surface area contributed by atoms with E-state index in [4.69, 9.17) is 0 Å². The van der Waals surface area contributed by atoms with Gasteiger partial charge < -0.3 is 10.1 Å². The van der Waals surface area contributed by atoms with Gasteiger partial charge in [0.2, 0.25) is 0 Å². The summed E-state index contributed by atoms with van der Waals surface area (Å²) in [5.74, 6) is 0.159. The van der Waals surface area contributed by atoms with Crippen molar-refractivity contribution in [3.05, 3.63) is 54.1 Å². The molecule has 0 aliphatic carbocycles. The number of hydrogen-bond acceptors (Lipinski definition) is 2. The Morgan fingerprint density at radius 3 is 2.50 bits per heavy atom. The predicted octanol–water partition coefficient (Wildman–Crippen LogP) is 3.35. The lowest BCUT2D eigenvalue weighted by molar-refractivity contribution is 0.112. The number of benzene rings is 2. The van der Waals surface area contributed by atoms with Crippen LogP contribution in [0.15, 0.2) is 48.5 Å². The first-order valence-corrected chi connectivity index (χ1v) is 5.65. The second-order valence-electron chi connectivity index (χ2n) is 4.09. The van der Waals surface area contributed by atoms with Crippen LogP contribution in [0.1, 0.15) is 10.4 Å². The Balaban J connectivity index is 2.36. The van der Waals surface area contributed by atoms with Gasteiger partial charge in [0.1, 0.15) is 5.75 Å². The summed E-state index contributed by atoms with van der Waals surface area (Å²) in [7, 11) is 0. The summed E-state index contributed by atoms with van der Waals surface area (Å²) in [6, 6.07) is 14.6. The molecular formula is C15H11NO2. The smallest absolute Gasteiger partial charge is 0.152 e. The van der Waals surface area contributed by atoms with Crippen LogP contribution in [0.2, 0.25) is 0 Å². The first kappa shape index (κ1) is 10.6. The van der Waals surface area contributed by atoms with Crippen molar-refractivity contribution in [2.75, 3.05) is 0 Å². The van der Waals surface area contributed by atoms with Crippen molar-refractivity contribution in [1.29, 1.82) is 0 Å². The number of para-hydroxylation sites is 2. The minimum Gasteiger partial charge on any atom is -0.507 e. The number of carbonyl (C=O) groups excluding carboxylic acids is 1.